The van der Waals surface area contributed by atoms with Crippen LogP contribution >= 0.6 is 0 Å². The molecule has 1 aromatic rings. The lowest BCUT2D eigenvalue weighted by Gasteiger charge is -2.35. The van der Waals surface area contributed by atoms with Gasteiger partial charge in [0.05, 0.1) is 6.54 Å². The summed E-state index contributed by atoms with van der Waals surface area (Å²) in [6.07, 6.45) is 2.52. The van der Waals surface area contributed by atoms with E-state index in [9.17, 15) is 0 Å². The van der Waals surface area contributed by atoms with E-state index in [0.29, 0.717) is 6.54 Å². The maximum Gasteiger partial charge on any atom is 0.118 e. The molecule has 0 atom stereocenters. The number of likely N-dealkylation sites (tertiary alicyclic amines) is 1. The standard InChI is InChI=1S/C14H25N3O/c1-11-12(8-14(9-15)18-11)10-17-6-4-13(5-7-17)16(2)3/h8,13H,4-7,9-10,15H2,1-3H3. The van der Waals surface area contributed by atoms with Crippen LogP contribution in [0.25, 0.3) is 0 Å². The van der Waals surface area contributed by atoms with E-state index >= 15 is 0 Å². The first-order chi connectivity index (χ1) is 8.60. The van der Waals surface area contributed by atoms with E-state index in [2.05, 4.69) is 30.0 Å². The minimum atomic E-state index is 0.490. The van der Waals surface area contributed by atoms with Gasteiger partial charge in [0.2, 0.25) is 0 Å². The summed E-state index contributed by atoms with van der Waals surface area (Å²) >= 11 is 0. The average Bonchev–Trinajstić information content (AvgIpc) is 2.71. The van der Waals surface area contributed by atoms with Crippen molar-refractivity contribution in [2.75, 3.05) is 27.2 Å². The molecule has 4 heteroatoms. The van der Waals surface area contributed by atoms with Crippen molar-refractivity contribution in [1.29, 1.82) is 0 Å². The van der Waals surface area contributed by atoms with Crippen LogP contribution < -0.4 is 5.73 Å². The first-order valence-corrected chi connectivity index (χ1v) is 6.77. The molecule has 102 valence electrons. The predicted octanol–water partition coefficient (Wildman–Crippen LogP) is 1.57. The van der Waals surface area contributed by atoms with Gasteiger partial charge in [-0.25, -0.2) is 0 Å². The number of aryl methyl sites for hydroxylation is 1. The van der Waals surface area contributed by atoms with Crippen molar-refractivity contribution in [3.63, 3.8) is 0 Å². The molecule has 1 aromatic heterocycles. The van der Waals surface area contributed by atoms with Gasteiger partial charge in [-0.2, -0.15) is 0 Å². The maximum atomic E-state index is 5.60. The van der Waals surface area contributed by atoms with Gasteiger partial charge in [0.1, 0.15) is 11.5 Å². The molecule has 0 aliphatic carbocycles. The molecule has 18 heavy (non-hydrogen) atoms. The Bertz CT molecular complexity index is 378. The predicted molar refractivity (Wildman–Crippen MR) is 73.3 cm³/mol. The van der Waals surface area contributed by atoms with Crippen LogP contribution in [0.2, 0.25) is 0 Å². The van der Waals surface area contributed by atoms with Gasteiger partial charge in [-0.15, -0.1) is 0 Å². The van der Waals surface area contributed by atoms with Crippen molar-refractivity contribution < 1.29 is 4.42 Å². The SMILES string of the molecule is Cc1oc(CN)cc1CN1CCC(N(C)C)CC1. The van der Waals surface area contributed by atoms with E-state index in [1.54, 1.807) is 0 Å². The summed E-state index contributed by atoms with van der Waals surface area (Å²) in [5, 5.41) is 0. The van der Waals surface area contributed by atoms with Crippen LogP contribution in [0.4, 0.5) is 0 Å². The van der Waals surface area contributed by atoms with Crippen molar-refractivity contribution in [2.45, 2.75) is 38.9 Å². The van der Waals surface area contributed by atoms with Crippen molar-refractivity contribution in [3.8, 4) is 0 Å². The molecule has 0 radical (unpaired) electrons. The molecule has 0 saturated carbocycles. The molecule has 0 unspecified atom stereocenters. The summed E-state index contributed by atoms with van der Waals surface area (Å²) < 4.78 is 5.60. The summed E-state index contributed by atoms with van der Waals surface area (Å²) in [6.45, 7) is 5.86. The third-order valence-corrected chi connectivity index (χ3v) is 3.95. The Morgan fingerprint density at radius 1 is 1.39 bits per heavy atom. The fourth-order valence-electron chi connectivity index (χ4n) is 2.68. The molecule has 0 aromatic carbocycles. The van der Waals surface area contributed by atoms with Gasteiger partial charge in [0, 0.05) is 18.2 Å². The molecule has 0 bridgehead atoms. The molecule has 0 spiro atoms. The second-order valence-corrected chi connectivity index (χ2v) is 5.47. The molecule has 2 heterocycles. The highest BCUT2D eigenvalue weighted by atomic mass is 16.3. The third-order valence-electron chi connectivity index (χ3n) is 3.95. The number of nitrogens with two attached hydrogens (primary N) is 1. The summed E-state index contributed by atoms with van der Waals surface area (Å²) in [6, 6.07) is 2.85. The number of rotatable bonds is 4. The lowest BCUT2D eigenvalue weighted by Crippen LogP contribution is -2.41. The Morgan fingerprint density at radius 2 is 2.06 bits per heavy atom. The second kappa shape index (κ2) is 5.87. The lowest BCUT2D eigenvalue weighted by atomic mass is 10.0. The molecular weight excluding hydrogens is 226 g/mol. The lowest BCUT2D eigenvalue weighted by molar-refractivity contribution is 0.139. The second-order valence-electron chi connectivity index (χ2n) is 5.47. The number of hydrogen-bond acceptors (Lipinski definition) is 4. The van der Waals surface area contributed by atoms with E-state index in [4.69, 9.17) is 10.2 Å². The van der Waals surface area contributed by atoms with Gasteiger partial charge in [0.15, 0.2) is 0 Å². The Hall–Kier alpha value is -0.840. The van der Waals surface area contributed by atoms with Gasteiger partial charge < -0.3 is 15.1 Å². The van der Waals surface area contributed by atoms with Crippen molar-refractivity contribution in [3.05, 3.63) is 23.2 Å². The molecule has 2 rings (SSSR count). The van der Waals surface area contributed by atoms with Crippen LogP contribution in [0.3, 0.4) is 0 Å². The largest absolute Gasteiger partial charge is 0.465 e. The van der Waals surface area contributed by atoms with E-state index in [-0.39, 0.29) is 0 Å². The van der Waals surface area contributed by atoms with Gasteiger partial charge in [-0.05, 0) is 53.0 Å². The minimum absolute atomic E-state index is 0.490. The normalized spacial score (nSPS) is 18.7. The first-order valence-electron chi connectivity index (χ1n) is 6.77. The molecule has 1 fully saturated rings. The Kier molecular flexibility index (Phi) is 4.43. The smallest absolute Gasteiger partial charge is 0.118 e. The number of hydrogen-bond donors (Lipinski definition) is 1. The molecule has 1 saturated heterocycles. The number of furan rings is 1. The highest BCUT2D eigenvalue weighted by Crippen LogP contribution is 2.20. The zero-order chi connectivity index (χ0) is 13.1. The van der Waals surface area contributed by atoms with E-state index < -0.39 is 0 Å². The average molecular weight is 251 g/mol. The molecule has 0 amide bonds. The Labute approximate surface area is 110 Å². The third kappa shape index (κ3) is 3.13. The Morgan fingerprint density at radius 3 is 2.56 bits per heavy atom. The first kappa shape index (κ1) is 13.6. The van der Waals surface area contributed by atoms with E-state index in [0.717, 1.165) is 24.1 Å². The van der Waals surface area contributed by atoms with E-state index in [1.165, 1.54) is 31.5 Å². The molecular formula is C14H25N3O. The molecule has 2 N–H and O–H groups in total. The van der Waals surface area contributed by atoms with Gasteiger partial charge in [-0.1, -0.05) is 0 Å². The van der Waals surface area contributed by atoms with Crippen LogP contribution in [0, 0.1) is 6.92 Å². The molecule has 1 aliphatic heterocycles. The summed E-state index contributed by atoms with van der Waals surface area (Å²) in [5.41, 5.74) is 6.89. The topological polar surface area (TPSA) is 45.6 Å². The summed E-state index contributed by atoms with van der Waals surface area (Å²) in [5.74, 6) is 1.91. The van der Waals surface area contributed by atoms with Crippen LogP contribution in [-0.2, 0) is 13.1 Å². The number of nitrogens with zero attached hydrogens (tertiary/aromatic N) is 2. The fraction of sp³-hybridized carbons (Fsp3) is 0.714. The van der Waals surface area contributed by atoms with Crippen molar-refractivity contribution in [1.82, 2.24) is 9.80 Å². The zero-order valence-electron chi connectivity index (χ0n) is 11.8. The van der Waals surface area contributed by atoms with Crippen LogP contribution in [0.1, 0.15) is 29.9 Å². The maximum absolute atomic E-state index is 5.60. The van der Waals surface area contributed by atoms with Crippen molar-refractivity contribution in [2.24, 2.45) is 5.73 Å². The Balaban J connectivity index is 1.89. The zero-order valence-corrected chi connectivity index (χ0v) is 11.8. The quantitative estimate of drug-likeness (QED) is 0.882. The fourth-order valence-corrected chi connectivity index (χ4v) is 2.68. The van der Waals surface area contributed by atoms with E-state index in [1.807, 2.05) is 6.92 Å². The van der Waals surface area contributed by atoms with Gasteiger partial charge in [0.25, 0.3) is 0 Å². The van der Waals surface area contributed by atoms with Crippen molar-refractivity contribution >= 4 is 0 Å². The monoisotopic (exact) mass is 251 g/mol. The summed E-state index contributed by atoms with van der Waals surface area (Å²) in [4.78, 5) is 4.85. The molecule has 1 aliphatic rings. The van der Waals surface area contributed by atoms with Crippen LogP contribution in [0.5, 0.6) is 0 Å². The van der Waals surface area contributed by atoms with Gasteiger partial charge >= 0.3 is 0 Å². The van der Waals surface area contributed by atoms with Crippen LogP contribution in [-0.4, -0.2) is 43.0 Å². The highest BCUT2D eigenvalue weighted by molar-refractivity contribution is 5.20. The minimum Gasteiger partial charge on any atom is -0.465 e. The number of piperidine rings is 1. The molecule has 4 nitrogen and oxygen atoms in total. The highest BCUT2D eigenvalue weighted by Gasteiger charge is 2.21. The summed E-state index contributed by atoms with van der Waals surface area (Å²) in [7, 11) is 4.35. The van der Waals surface area contributed by atoms with Gasteiger partial charge in [-0.3, -0.25) is 4.90 Å². The van der Waals surface area contributed by atoms with Crippen LogP contribution in [0.15, 0.2) is 10.5 Å².